The number of anilines is 1. The first-order chi connectivity index (χ1) is 7.16. The summed E-state index contributed by atoms with van der Waals surface area (Å²) < 4.78 is 7.15. The van der Waals surface area contributed by atoms with E-state index in [1.165, 1.54) is 0 Å². The normalized spacial score (nSPS) is 25.5. The van der Waals surface area contributed by atoms with Crippen LogP contribution in [0.4, 0.5) is 5.69 Å². The Morgan fingerprint density at radius 2 is 2.13 bits per heavy atom. The van der Waals surface area contributed by atoms with Crippen LogP contribution in [0.2, 0.25) is 0 Å². The van der Waals surface area contributed by atoms with Crippen LogP contribution in [-0.4, -0.2) is 30.5 Å². The number of rotatable bonds is 2. The van der Waals surface area contributed by atoms with Crippen molar-refractivity contribution < 1.29 is 9.84 Å². The number of aliphatic hydroxyl groups excluding tert-OH is 1. The molecule has 0 bridgehead atoms. The highest BCUT2D eigenvalue weighted by Crippen LogP contribution is 2.27. The van der Waals surface area contributed by atoms with Gasteiger partial charge in [0.2, 0.25) is 0 Å². The summed E-state index contributed by atoms with van der Waals surface area (Å²) in [6, 6.07) is 5.85. The van der Waals surface area contributed by atoms with Crippen LogP contribution < -0.4 is 5.32 Å². The minimum absolute atomic E-state index is 0.0255. The SMILES string of the molecule is OC1COCC1Nc1ccc(Br)cc1Br. The van der Waals surface area contributed by atoms with Gasteiger partial charge in [0, 0.05) is 14.6 Å². The molecule has 1 aromatic carbocycles. The smallest absolute Gasteiger partial charge is 0.0996 e. The third kappa shape index (κ3) is 2.72. The molecule has 1 aliphatic heterocycles. The Morgan fingerprint density at radius 1 is 1.33 bits per heavy atom. The van der Waals surface area contributed by atoms with Crippen molar-refractivity contribution in [1.82, 2.24) is 0 Å². The van der Waals surface area contributed by atoms with Gasteiger partial charge in [0.05, 0.1) is 25.4 Å². The van der Waals surface area contributed by atoms with Gasteiger partial charge in [-0.15, -0.1) is 0 Å². The third-order valence-electron chi connectivity index (χ3n) is 2.32. The lowest BCUT2D eigenvalue weighted by atomic mass is 10.2. The second kappa shape index (κ2) is 4.82. The van der Waals surface area contributed by atoms with Gasteiger partial charge in [0.25, 0.3) is 0 Å². The number of aliphatic hydroxyl groups is 1. The van der Waals surface area contributed by atoms with Gasteiger partial charge in [-0.3, -0.25) is 0 Å². The van der Waals surface area contributed by atoms with Crippen molar-refractivity contribution in [2.24, 2.45) is 0 Å². The molecule has 82 valence electrons. The number of hydrogen-bond donors (Lipinski definition) is 2. The molecule has 2 rings (SSSR count). The van der Waals surface area contributed by atoms with Gasteiger partial charge in [-0.25, -0.2) is 0 Å². The molecule has 1 fully saturated rings. The Balaban J connectivity index is 2.10. The zero-order valence-electron chi connectivity index (χ0n) is 7.91. The van der Waals surface area contributed by atoms with Crippen molar-refractivity contribution >= 4 is 37.5 Å². The molecule has 3 nitrogen and oxygen atoms in total. The summed E-state index contributed by atoms with van der Waals surface area (Å²) >= 11 is 6.85. The maximum Gasteiger partial charge on any atom is 0.0996 e. The predicted octanol–water partition coefficient (Wildman–Crippen LogP) is 2.38. The fraction of sp³-hybridized carbons (Fsp3) is 0.400. The molecule has 0 amide bonds. The highest BCUT2D eigenvalue weighted by molar-refractivity contribution is 9.11. The molecule has 1 heterocycles. The fourth-order valence-electron chi connectivity index (χ4n) is 1.49. The van der Waals surface area contributed by atoms with E-state index in [9.17, 15) is 5.11 Å². The lowest BCUT2D eigenvalue weighted by Gasteiger charge is -2.17. The maximum absolute atomic E-state index is 9.58. The van der Waals surface area contributed by atoms with Gasteiger partial charge in [0.15, 0.2) is 0 Å². The van der Waals surface area contributed by atoms with Crippen LogP contribution in [-0.2, 0) is 4.74 Å². The molecule has 0 aromatic heterocycles. The van der Waals surface area contributed by atoms with Gasteiger partial charge >= 0.3 is 0 Å². The molecule has 1 saturated heterocycles. The number of hydrogen-bond acceptors (Lipinski definition) is 3. The van der Waals surface area contributed by atoms with Gasteiger partial charge in [-0.05, 0) is 34.1 Å². The van der Waals surface area contributed by atoms with Crippen LogP contribution in [0.15, 0.2) is 27.1 Å². The van der Waals surface area contributed by atoms with Gasteiger partial charge in [0.1, 0.15) is 0 Å². The fourth-order valence-corrected chi connectivity index (χ4v) is 2.65. The van der Waals surface area contributed by atoms with Crippen molar-refractivity contribution in [3.63, 3.8) is 0 Å². The molecule has 0 aliphatic carbocycles. The van der Waals surface area contributed by atoms with E-state index in [0.29, 0.717) is 13.2 Å². The van der Waals surface area contributed by atoms with Gasteiger partial charge < -0.3 is 15.2 Å². The third-order valence-corrected chi connectivity index (χ3v) is 3.47. The molecule has 0 spiro atoms. The maximum atomic E-state index is 9.58. The Labute approximate surface area is 105 Å². The standard InChI is InChI=1S/C10H11Br2NO2/c11-6-1-2-8(7(12)3-6)13-9-4-15-5-10(9)14/h1-3,9-10,13-14H,4-5H2. The van der Waals surface area contributed by atoms with Crippen molar-refractivity contribution in [1.29, 1.82) is 0 Å². The number of halogens is 2. The molecule has 5 heteroatoms. The average Bonchev–Trinajstić information content (AvgIpc) is 2.57. The first-order valence-electron chi connectivity index (χ1n) is 4.64. The lowest BCUT2D eigenvalue weighted by molar-refractivity contribution is 0.125. The lowest BCUT2D eigenvalue weighted by Crippen LogP contribution is -2.31. The van der Waals surface area contributed by atoms with E-state index in [1.54, 1.807) is 0 Å². The van der Waals surface area contributed by atoms with E-state index >= 15 is 0 Å². The van der Waals surface area contributed by atoms with Gasteiger partial charge in [-0.2, -0.15) is 0 Å². The molecule has 2 unspecified atom stereocenters. The van der Waals surface area contributed by atoms with Crippen molar-refractivity contribution in [2.45, 2.75) is 12.1 Å². The summed E-state index contributed by atoms with van der Waals surface area (Å²) in [6.45, 7) is 0.954. The molecular weight excluding hydrogens is 326 g/mol. The van der Waals surface area contributed by atoms with E-state index in [1.807, 2.05) is 18.2 Å². The summed E-state index contributed by atoms with van der Waals surface area (Å²) in [7, 11) is 0. The number of ether oxygens (including phenoxy) is 1. The van der Waals surface area contributed by atoms with E-state index in [0.717, 1.165) is 14.6 Å². The second-order valence-electron chi connectivity index (χ2n) is 3.48. The van der Waals surface area contributed by atoms with Crippen LogP contribution >= 0.6 is 31.9 Å². The van der Waals surface area contributed by atoms with Crippen LogP contribution in [0.25, 0.3) is 0 Å². The average molecular weight is 337 g/mol. The molecular formula is C10H11Br2NO2. The number of benzene rings is 1. The molecule has 1 aliphatic rings. The predicted molar refractivity (Wildman–Crippen MR) is 66.1 cm³/mol. The molecule has 0 saturated carbocycles. The summed E-state index contributed by atoms with van der Waals surface area (Å²) in [5, 5.41) is 12.8. The zero-order valence-corrected chi connectivity index (χ0v) is 11.1. The summed E-state index contributed by atoms with van der Waals surface area (Å²) in [5.74, 6) is 0. The first-order valence-corrected chi connectivity index (χ1v) is 6.23. The highest BCUT2D eigenvalue weighted by atomic mass is 79.9. The first kappa shape index (κ1) is 11.4. The summed E-state index contributed by atoms with van der Waals surface area (Å²) in [6.07, 6.45) is -0.430. The zero-order chi connectivity index (χ0) is 10.8. The molecule has 1 aromatic rings. The Kier molecular flexibility index (Phi) is 3.66. The van der Waals surface area contributed by atoms with E-state index < -0.39 is 6.10 Å². The Morgan fingerprint density at radius 3 is 2.73 bits per heavy atom. The topological polar surface area (TPSA) is 41.5 Å². The van der Waals surface area contributed by atoms with Crippen molar-refractivity contribution in [3.8, 4) is 0 Å². The van der Waals surface area contributed by atoms with Crippen LogP contribution in [0.1, 0.15) is 0 Å². The van der Waals surface area contributed by atoms with E-state index in [-0.39, 0.29) is 6.04 Å². The summed E-state index contributed by atoms with van der Waals surface area (Å²) in [4.78, 5) is 0. The van der Waals surface area contributed by atoms with Crippen LogP contribution in [0, 0.1) is 0 Å². The van der Waals surface area contributed by atoms with Gasteiger partial charge in [-0.1, -0.05) is 15.9 Å². The number of nitrogens with one attached hydrogen (secondary N) is 1. The molecule has 2 atom stereocenters. The second-order valence-corrected chi connectivity index (χ2v) is 5.25. The molecule has 15 heavy (non-hydrogen) atoms. The van der Waals surface area contributed by atoms with Crippen LogP contribution in [0.5, 0.6) is 0 Å². The summed E-state index contributed by atoms with van der Waals surface area (Å²) in [5.41, 5.74) is 0.966. The van der Waals surface area contributed by atoms with Crippen molar-refractivity contribution in [2.75, 3.05) is 18.5 Å². The minimum Gasteiger partial charge on any atom is -0.388 e. The van der Waals surface area contributed by atoms with Crippen LogP contribution in [0.3, 0.4) is 0 Å². The molecule has 2 N–H and O–H groups in total. The van der Waals surface area contributed by atoms with Crippen molar-refractivity contribution in [3.05, 3.63) is 27.1 Å². The molecule has 0 radical (unpaired) electrons. The van der Waals surface area contributed by atoms with E-state index in [2.05, 4.69) is 37.2 Å². The largest absolute Gasteiger partial charge is 0.388 e. The Bertz CT molecular complexity index is 359. The quantitative estimate of drug-likeness (QED) is 0.871. The Hall–Kier alpha value is -0.100. The monoisotopic (exact) mass is 335 g/mol. The highest BCUT2D eigenvalue weighted by Gasteiger charge is 2.26. The minimum atomic E-state index is -0.430. The van der Waals surface area contributed by atoms with E-state index in [4.69, 9.17) is 4.74 Å².